The Morgan fingerprint density at radius 2 is 2.31 bits per heavy atom. The van der Waals surface area contributed by atoms with Crippen LogP contribution in [0.4, 0.5) is 5.69 Å². The Morgan fingerprint density at radius 3 is 2.75 bits per heavy atom. The third kappa shape index (κ3) is 2.77. The number of nitrogens with one attached hydrogen (secondary N) is 1. The average Bonchev–Trinajstić information content (AvgIpc) is 2.25. The van der Waals surface area contributed by atoms with Crippen LogP contribution in [-0.2, 0) is 0 Å². The van der Waals surface area contributed by atoms with E-state index in [1.165, 1.54) is 0 Å². The standard InChI is InChI=1S/C13H15NO2/c1-4-10(5-2)14-11-6-7-12(13(15)16)9(3)8-11/h1,6-8,10,14H,5H2,2-3H3,(H,15,16). The zero-order valence-corrected chi connectivity index (χ0v) is 9.45. The second-order valence-electron chi connectivity index (χ2n) is 3.61. The van der Waals surface area contributed by atoms with Gasteiger partial charge < -0.3 is 10.4 Å². The molecular weight excluding hydrogens is 202 g/mol. The minimum absolute atomic E-state index is 0.0184. The van der Waals surface area contributed by atoms with Crippen molar-refractivity contribution in [2.75, 3.05) is 5.32 Å². The molecule has 1 rings (SSSR count). The molecule has 3 nitrogen and oxygen atoms in total. The van der Waals surface area contributed by atoms with Crippen molar-refractivity contribution in [2.45, 2.75) is 26.3 Å². The maximum Gasteiger partial charge on any atom is 0.335 e. The van der Waals surface area contributed by atoms with Gasteiger partial charge in [-0.25, -0.2) is 4.79 Å². The molecule has 1 aromatic carbocycles. The van der Waals surface area contributed by atoms with Crippen LogP contribution >= 0.6 is 0 Å². The molecule has 0 aromatic heterocycles. The number of carboxylic acid groups (broad SMARTS) is 1. The highest BCUT2D eigenvalue weighted by molar-refractivity contribution is 5.89. The lowest BCUT2D eigenvalue weighted by Gasteiger charge is -2.13. The lowest BCUT2D eigenvalue weighted by atomic mass is 10.1. The summed E-state index contributed by atoms with van der Waals surface area (Å²) in [5.41, 5.74) is 1.90. The van der Waals surface area contributed by atoms with E-state index in [1.54, 1.807) is 25.1 Å². The molecule has 1 atom stereocenters. The number of hydrogen-bond acceptors (Lipinski definition) is 2. The minimum Gasteiger partial charge on any atom is -0.478 e. The van der Waals surface area contributed by atoms with Gasteiger partial charge in [0, 0.05) is 5.69 Å². The molecule has 0 aliphatic carbocycles. The Hall–Kier alpha value is -1.95. The lowest BCUT2D eigenvalue weighted by molar-refractivity contribution is 0.0696. The summed E-state index contributed by atoms with van der Waals surface area (Å²) in [4.78, 5) is 10.8. The van der Waals surface area contributed by atoms with Crippen LogP contribution in [0.25, 0.3) is 0 Å². The number of anilines is 1. The van der Waals surface area contributed by atoms with E-state index < -0.39 is 5.97 Å². The first-order valence-corrected chi connectivity index (χ1v) is 5.15. The number of rotatable bonds is 4. The molecule has 0 saturated heterocycles. The first-order chi connectivity index (χ1) is 7.58. The second kappa shape index (κ2) is 5.22. The van der Waals surface area contributed by atoms with E-state index in [4.69, 9.17) is 11.5 Å². The number of benzene rings is 1. The van der Waals surface area contributed by atoms with Gasteiger partial charge in [-0.3, -0.25) is 0 Å². The van der Waals surface area contributed by atoms with Crippen LogP contribution < -0.4 is 5.32 Å². The van der Waals surface area contributed by atoms with Gasteiger partial charge in [-0.15, -0.1) is 6.42 Å². The van der Waals surface area contributed by atoms with Gasteiger partial charge in [-0.1, -0.05) is 12.8 Å². The number of carbonyl (C=O) groups is 1. The molecule has 0 bridgehead atoms. The van der Waals surface area contributed by atoms with E-state index in [-0.39, 0.29) is 6.04 Å². The first kappa shape index (κ1) is 12.1. The molecule has 0 radical (unpaired) electrons. The number of hydrogen-bond donors (Lipinski definition) is 2. The van der Waals surface area contributed by atoms with E-state index in [0.717, 1.165) is 17.7 Å². The van der Waals surface area contributed by atoms with Crippen LogP contribution in [0.15, 0.2) is 18.2 Å². The SMILES string of the molecule is C#CC(CC)Nc1ccc(C(=O)O)c(C)c1. The summed E-state index contributed by atoms with van der Waals surface area (Å²) >= 11 is 0. The van der Waals surface area contributed by atoms with E-state index in [1.807, 2.05) is 6.92 Å². The monoisotopic (exact) mass is 217 g/mol. The summed E-state index contributed by atoms with van der Waals surface area (Å²) < 4.78 is 0. The molecule has 0 fully saturated rings. The van der Waals surface area contributed by atoms with Crippen molar-refractivity contribution in [3.63, 3.8) is 0 Å². The topological polar surface area (TPSA) is 49.3 Å². The lowest BCUT2D eigenvalue weighted by Crippen LogP contribution is -2.15. The molecule has 1 aromatic rings. The molecule has 2 N–H and O–H groups in total. The molecule has 0 heterocycles. The van der Waals surface area contributed by atoms with Gasteiger partial charge in [-0.05, 0) is 37.1 Å². The summed E-state index contributed by atoms with van der Waals surface area (Å²) in [6, 6.07) is 5.10. The Morgan fingerprint density at radius 1 is 1.62 bits per heavy atom. The fraction of sp³-hybridized carbons (Fsp3) is 0.308. The van der Waals surface area contributed by atoms with Gasteiger partial charge in [0.1, 0.15) is 0 Å². The fourth-order valence-corrected chi connectivity index (χ4v) is 1.46. The van der Waals surface area contributed by atoms with Crippen molar-refractivity contribution in [2.24, 2.45) is 0 Å². The average molecular weight is 217 g/mol. The maximum atomic E-state index is 10.8. The van der Waals surface area contributed by atoms with Gasteiger partial charge in [0.2, 0.25) is 0 Å². The molecule has 16 heavy (non-hydrogen) atoms. The van der Waals surface area contributed by atoms with Crippen molar-refractivity contribution in [1.29, 1.82) is 0 Å². The number of aryl methyl sites for hydroxylation is 1. The largest absolute Gasteiger partial charge is 0.478 e. The molecule has 84 valence electrons. The Labute approximate surface area is 95.5 Å². The van der Waals surface area contributed by atoms with E-state index in [2.05, 4.69) is 11.2 Å². The molecule has 0 aliphatic heterocycles. The van der Waals surface area contributed by atoms with Gasteiger partial charge >= 0.3 is 5.97 Å². The number of aromatic carboxylic acids is 1. The van der Waals surface area contributed by atoms with Crippen molar-refractivity contribution in [1.82, 2.24) is 0 Å². The number of terminal acetylenes is 1. The van der Waals surface area contributed by atoms with Crippen LogP contribution in [0.3, 0.4) is 0 Å². The fourth-order valence-electron chi connectivity index (χ4n) is 1.46. The highest BCUT2D eigenvalue weighted by Crippen LogP contribution is 2.16. The van der Waals surface area contributed by atoms with Crippen LogP contribution in [0.5, 0.6) is 0 Å². The molecule has 1 unspecified atom stereocenters. The summed E-state index contributed by atoms with van der Waals surface area (Å²) in [6.07, 6.45) is 6.17. The van der Waals surface area contributed by atoms with E-state index >= 15 is 0 Å². The molecular formula is C13H15NO2. The first-order valence-electron chi connectivity index (χ1n) is 5.15. The Bertz CT molecular complexity index is 432. The van der Waals surface area contributed by atoms with Crippen molar-refractivity contribution >= 4 is 11.7 Å². The summed E-state index contributed by atoms with van der Waals surface area (Å²) in [6.45, 7) is 3.77. The molecule has 0 spiro atoms. The summed E-state index contributed by atoms with van der Waals surface area (Å²) in [5.74, 6) is 1.72. The molecule has 0 aliphatic rings. The Balaban J connectivity index is 2.90. The highest BCUT2D eigenvalue weighted by Gasteiger charge is 2.08. The van der Waals surface area contributed by atoms with Gasteiger partial charge in [0.15, 0.2) is 0 Å². The van der Waals surface area contributed by atoms with E-state index in [9.17, 15) is 4.79 Å². The minimum atomic E-state index is -0.909. The van der Waals surface area contributed by atoms with Crippen molar-refractivity contribution in [3.8, 4) is 12.3 Å². The van der Waals surface area contributed by atoms with Crippen molar-refractivity contribution < 1.29 is 9.90 Å². The smallest absolute Gasteiger partial charge is 0.335 e. The van der Waals surface area contributed by atoms with Crippen LogP contribution in [0.1, 0.15) is 29.3 Å². The third-order valence-electron chi connectivity index (χ3n) is 2.41. The third-order valence-corrected chi connectivity index (χ3v) is 2.41. The van der Waals surface area contributed by atoms with Crippen LogP contribution in [0.2, 0.25) is 0 Å². The van der Waals surface area contributed by atoms with E-state index in [0.29, 0.717) is 5.56 Å². The zero-order chi connectivity index (χ0) is 12.1. The summed E-state index contributed by atoms with van der Waals surface area (Å²) in [5, 5.41) is 12.0. The van der Waals surface area contributed by atoms with Gasteiger partial charge in [-0.2, -0.15) is 0 Å². The van der Waals surface area contributed by atoms with Crippen LogP contribution in [0, 0.1) is 19.3 Å². The molecule has 0 amide bonds. The quantitative estimate of drug-likeness (QED) is 0.762. The van der Waals surface area contributed by atoms with Gasteiger partial charge in [0.05, 0.1) is 11.6 Å². The number of carboxylic acids is 1. The molecule has 3 heteroatoms. The highest BCUT2D eigenvalue weighted by atomic mass is 16.4. The van der Waals surface area contributed by atoms with Crippen molar-refractivity contribution in [3.05, 3.63) is 29.3 Å². The maximum absolute atomic E-state index is 10.8. The molecule has 0 saturated carbocycles. The Kier molecular flexibility index (Phi) is 3.96. The normalized spacial score (nSPS) is 11.6. The van der Waals surface area contributed by atoms with Gasteiger partial charge in [0.25, 0.3) is 0 Å². The zero-order valence-electron chi connectivity index (χ0n) is 9.45. The second-order valence-corrected chi connectivity index (χ2v) is 3.61. The summed E-state index contributed by atoms with van der Waals surface area (Å²) in [7, 11) is 0. The predicted molar refractivity (Wildman–Crippen MR) is 64.7 cm³/mol. The van der Waals surface area contributed by atoms with Crippen LogP contribution in [-0.4, -0.2) is 17.1 Å². The predicted octanol–water partition coefficient (Wildman–Crippen LogP) is 2.52.